The second kappa shape index (κ2) is 11.5. The molecule has 2 bridgehead atoms. The molecule has 2 aromatic rings. The minimum Gasteiger partial charge on any atom is -0.471 e. The van der Waals surface area contributed by atoms with Gasteiger partial charge in [0, 0.05) is 10.9 Å². The van der Waals surface area contributed by atoms with Crippen LogP contribution < -0.4 is 10.1 Å². The Labute approximate surface area is 258 Å². The van der Waals surface area contributed by atoms with Crippen molar-refractivity contribution in [3.63, 3.8) is 0 Å². The molecule has 2 amide bonds. The van der Waals surface area contributed by atoms with E-state index in [2.05, 4.69) is 5.32 Å². The summed E-state index contributed by atoms with van der Waals surface area (Å²) in [5.74, 6) is 1.30. The van der Waals surface area contributed by atoms with E-state index in [0.29, 0.717) is 40.6 Å². The van der Waals surface area contributed by atoms with Crippen LogP contribution in [0.25, 0.3) is 11.0 Å². The molecule has 3 heterocycles. The van der Waals surface area contributed by atoms with E-state index in [1.165, 1.54) is 13.3 Å². The van der Waals surface area contributed by atoms with Gasteiger partial charge in [0.1, 0.15) is 23.9 Å². The summed E-state index contributed by atoms with van der Waals surface area (Å²) in [5.41, 5.74) is 1.54. The van der Waals surface area contributed by atoms with Crippen LogP contribution in [0.1, 0.15) is 78.8 Å². The van der Waals surface area contributed by atoms with Gasteiger partial charge >= 0.3 is 6.09 Å². The third kappa shape index (κ3) is 6.06. The molecule has 3 fully saturated rings. The zero-order valence-electron chi connectivity index (χ0n) is 25.8. The fraction of sp³-hybridized carbons (Fsp3) is 0.667. The number of ether oxygens (including phenoxy) is 2. The molecule has 43 heavy (non-hydrogen) atoms. The molecule has 8 atom stereocenters. The molecule has 232 valence electrons. The van der Waals surface area contributed by atoms with E-state index >= 15 is 0 Å². The standard InChI is InChI=1S/C33H43ClN4O5/c1-17-27-16-38(28(17)18(2)39)31(40)29(33(3,4)5)37-32(41)43-26-14-19-13-22(19)21(26)9-7-6-8-10-24-30(42-27)36-25-15-20(34)11-12-23(25)35-24/h11-12,15,17,19,21-22,26-29H,6-10,13-14,16H2,1-5H3,(H,37,41)/t17-,19?,21-,22?,26-,27+,28+,29-/m1/s1. The predicted molar refractivity (Wildman–Crippen MR) is 163 cm³/mol. The number of fused-ring (bicyclic) bond motifs is 7. The van der Waals surface area contributed by atoms with Crippen LogP contribution in [0.3, 0.4) is 0 Å². The average molecular weight is 611 g/mol. The van der Waals surface area contributed by atoms with Gasteiger partial charge in [-0.15, -0.1) is 0 Å². The number of nitrogens with zero attached hydrogens (tertiary/aromatic N) is 3. The monoisotopic (exact) mass is 610 g/mol. The molecule has 2 unspecified atom stereocenters. The lowest BCUT2D eigenvalue weighted by molar-refractivity contribution is -0.141. The lowest BCUT2D eigenvalue weighted by atomic mass is 9.85. The van der Waals surface area contributed by atoms with Crippen LogP contribution in [0.2, 0.25) is 5.02 Å². The van der Waals surface area contributed by atoms with Crippen molar-refractivity contribution in [2.24, 2.45) is 29.1 Å². The Morgan fingerprint density at radius 1 is 1.02 bits per heavy atom. The van der Waals surface area contributed by atoms with E-state index < -0.39 is 29.7 Å². The zero-order valence-corrected chi connectivity index (χ0v) is 26.5. The Balaban J connectivity index is 1.36. The highest BCUT2D eigenvalue weighted by Gasteiger charge is 2.55. The van der Waals surface area contributed by atoms with Gasteiger partial charge in [-0.25, -0.2) is 14.8 Å². The first-order chi connectivity index (χ1) is 20.4. The third-order valence-electron chi connectivity index (χ3n) is 10.0. The van der Waals surface area contributed by atoms with E-state index in [9.17, 15) is 14.4 Å². The summed E-state index contributed by atoms with van der Waals surface area (Å²) in [6, 6.07) is 3.88. The number of benzene rings is 1. The molecular formula is C33H43ClN4O5. The van der Waals surface area contributed by atoms with Crippen LogP contribution in [-0.4, -0.2) is 63.5 Å². The first-order valence-electron chi connectivity index (χ1n) is 15.8. The van der Waals surface area contributed by atoms with Crippen LogP contribution in [0.5, 0.6) is 5.88 Å². The molecule has 2 aliphatic heterocycles. The van der Waals surface area contributed by atoms with Crippen molar-refractivity contribution in [2.45, 2.75) is 104 Å². The normalized spacial score (nSPS) is 33.3. The van der Waals surface area contributed by atoms with Crippen LogP contribution in [0, 0.1) is 29.1 Å². The van der Waals surface area contributed by atoms with Crippen molar-refractivity contribution < 1.29 is 23.9 Å². The van der Waals surface area contributed by atoms with Crippen molar-refractivity contribution >= 4 is 40.4 Å². The number of ketones is 1. The molecule has 4 aliphatic rings. The summed E-state index contributed by atoms with van der Waals surface area (Å²) < 4.78 is 12.6. The van der Waals surface area contributed by atoms with Gasteiger partial charge in [0.25, 0.3) is 0 Å². The average Bonchev–Trinajstić information content (AvgIpc) is 3.50. The quantitative estimate of drug-likeness (QED) is 0.438. The molecule has 2 aliphatic carbocycles. The zero-order chi connectivity index (χ0) is 30.6. The van der Waals surface area contributed by atoms with Crippen molar-refractivity contribution in [1.82, 2.24) is 20.2 Å². The predicted octanol–water partition coefficient (Wildman–Crippen LogP) is 5.75. The molecule has 1 N–H and O–H groups in total. The fourth-order valence-electron chi connectivity index (χ4n) is 7.67. The number of aromatic nitrogens is 2. The van der Waals surface area contributed by atoms with Gasteiger partial charge in [-0.3, -0.25) is 9.59 Å². The number of amides is 2. The van der Waals surface area contributed by atoms with Crippen molar-refractivity contribution in [3.8, 4) is 5.88 Å². The van der Waals surface area contributed by atoms with Crippen molar-refractivity contribution in [3.05, 3.63) is 28.9 Å². The summed E-state index contributed by atoms with van der Waals surface area (Å²) in [7, 11) is 0. The van der Waals surface area contributed by atoms with Crippen LogP contribution >= 0.6 is 11.6 Å². The lowest BCUT2D eigenvalue weighted by Gasteiger charge is -2.35. The summed E-state index contributed by atoms with van der Waals surface area (Å²) in [4.78, 5) is 51.8. The number of carbonyl (C=O) groups excluding carboxylic acids is 3. The highest BCUT2D eigenvalue weighted by molar-refractivity contribution is 6.31. The molecule has 6 rings (SSSR count). The first-order valence-corrected chi connectivity index (χ1v) is 16.2. The molecule has 0 radical (unpaired) electrons. The second-order valence-electron chi connectivity index (χ2n) is 14.2. The lowest BCUT2D eigenvalue weighted by Crippen LogP contribution is -2.57. The maximum atomic E-state index is 14.2. The number of hydrogen-bond donors (Lipinski definition) is 1. The second-order valence-corrected chi connectivity index (χ2v) is 14.7. The first kappa shape index (κ1) is 30.1. The Kier molecular flexibility index (Phi) is 8.07. The topological polar surface area (TPSA) is 111 Å². The molecule has 1 aromatic heterocycles. The number of halogens is 1. The number of alkyl carbamates (subject to hydrolysis) is 1. The number of aryl methyl sites for hydroxylation is 1. The van der Waals surface area contributed by atoms with Gasteiger partial charge in [0.2, 0.25) is 11.8 Å². The van der Waals surface area contributed by atoms with Gasteiger partial charge in [0.05, 0.1) is 23.6 Å². The molecule has 10 heteroatoms. The maximum Gasteiger partial charge on any atom is 0.408 e. The Bertz CT molecular complexity index is 1430. The highest BCUT2D eigenvalue weighted by atomic mass is 35.5. The molecule has 2 saturated carbocycles. The van der Waals surface area contributed by atoms with E-state index in [4.69, 9.17) is 31.0 Å². The Morgan fingerprint density at radius 3 is 2.56 bits per heavy atom. The molecule has 1 aromatic carbocycles. The molecule has 1 saturated heterocycles. The highest BCUT2D eigenvalue weighted by Crippen LogP contribution is 2.57. The number of carbonyl (C=O) groups is 3. The van der Waals surface area contributed by atoms with E-state index in [0.717, 1.165) is 43.3 Å². The summed E-state index contributed by atoms with van der Waals surface area (Å²) in [6.45, 7) is 9.35. The largest absolute Gasteiger partial charge is 0.471 e. The summed E-state index contributed by atoms with van der Waals surface area (Å²) in [6.07, 6.45) is 5.64. The fourth-order valence-corrected chi connectivity index (χ4v) is 7.84. The number of hydrogen-bond acceptors (Lipinski definition) is 7. The van der Waals surface area contributed by atoms with E-state index in [-0.39, 0.29) is 30.3 Å². The van der Waals surface area contributed by atoms with Crippen LogP contribution in [-0.2, 0) is 20.7 Å². The summed E-state index contributed by atoms with van der Waals surface area (Å²) >= 11 is 6.27. The van der Waals surface area contributed by atoms with Gasteiger partial charge in [-0.2, -0.15) is 0 Å². The number of rotatable bonds is 1. The van der Waals surface area contributed by atoms with Gasteiger partial charge in [-0.1, -0.05) is 52.1 Å². The maximum absolute atomic E-state index is 14.2. The molecular weight excluding hydrogens is 568 g/mol. The van der Waals surface area contributed by atoms with Crippen LogP contribution in [0.4, 0.5) is 4.79 Å². The van der Waals surface area contributed by atoms with Gasteiger partial charge in [-0.05, 0) is 80.4 Å². The number of Topliss-reactive ketones (excluding diaryl/α,β-unsaturated/α-hetero) is 1. The minimum atomic E-state index is -0.876. The van der Waals surface area contributed by atoms with Crippen LogP contribution in [0.15, 0.2) is 18.2 Å². The Hall–Kier alpha value is -2.94. The SMILES string of the molecule is CC(=O)[C@@H]1[C@H](C)[C@@H]2CN1C(=O)[C@H](C(C)(C)C)NC(=O)O[C@@H]1CC3CC3[C@H]1CCCCCc1nc3ccc(Cl)cc3nc1O2. The van der Waals surface area contributed by atoms with Gasteiger partial charge in [0.15, 0.2) is 5.78 Å². The minimum absolute atomic E-state index is 0.127. The molecule has 9 nitrogen and oxygen atoms in total. The van der Waals surface area contributed by atoms with Gasteiger partial charge < -0.3 is 19.7 Å². The Morgan fingerprint density at radius 2 is 1.81 bits per heavy atom. The van der Waals surface area contributed by atoms with Crippen molar-refractivity contribution in [1.29, 1.82) is 0 Å². The smallest absolute Gasteiger partial charge is 0.408 e. The number of nitrogens with one attached hydrogen (secondary N) is 1. The third-order valence-corrected chi connectivity index (χ3v) is 10.3. The molecule has 0 spiro atoms. The van der Waals surface area contributed by atoms with E-state index in [1.54, 1.807) is 11.0 Å². The van der Waals surface area contributed by atoms with E-state index in [1.807, 2.05) is 39.8 Å². The van der Waals surface area contributed by atoms with Crippen molar-refractivity contribution in [2.75, 3.05) is 6.54 Å². The summed E-state index contributed by atoms with van der Waals surface area (Å²) in [5, 5.41) is 3.47.